The molecule has 1 rings (SSSR count). The Balaban J connectivity index is 2.84. The minimum atomic E-state index is -0.833. The molecule has 0 aromatic carbocycles. The molecule has 0 aromatic rings. The molecule has 0 saturated carbocycles. The summed E-state index contributed by atoms with van der Waals surface area (Å²) in [5.74, 6) is -0.543. The molecule has 0 unspecified atom stereocenters. The zero-order valence-electron chi connectivity index (χ0n) is 11.8. The molecule has 0 heterocycles. The fourth-order valence-electron chi connectivity index (χ4n) is 2.46. The predicted molar refractivity (Wildman–Crippen MR) is 71.6 cm³/mol. The van der Waals surface area contributed by atoms with Crippen molar-refractivity contribution >= 4 is 5.97 Å². The molecular formula is C14H25NO3. The lowest BCUT2D eigenvalue weighted by Gasteiger charge is -2.35. The zero-order valence-corrected chi connectivity index (χ0v) is 11.8. The smallest absolute Gasteiger partial charge is 0.331 e. The number of carboxylic acid groups (broad SMARTS) is 1. The molecule has 1 aliphatic rings. The Bertz CT molecular complexity index is 310. The summed E-state index contributed by atoms with van der Waals surface area (Å²) in [5, 5.41) is 12.3. The average Bonchev–Trinajstić information content (AvgIpc) is 2.37. The Hall–Kier alpha value is -0.870. The molecule has 0 aromatic heterocycles. The van der Waals surface area contributed by atoms with E-state index in [0.717, 1.165) is 12.8 Å². The number of ether oxygens (including phenoxy) is 1. The minimum Gasteiger partial charge on any atom is -0.478 e. The van der Waals surface area contributed by atoms with Gasteiger partial charge in [0.25, 0.3) is 0 Å². The number of carboxylic acids is 1. The first-order valence-electron chi connectivity index (χ1n) is 6.80. The van der Waals surface area contributed by atoms with Crippen LogP contribution >= 0.6 is 0 Å². The van der Waals surface area contributed by atoms with Crippen molar-refractivity contribution in [3.05, 3.63) is 11.6 Å². The van der Waals surface area contributed by atoms with Crippen LogP contribution in [0.1, 0.15) is 40.0 Å². The highest BCUT2D eigenvalue weighted by atomic mass is 16.5. The van der Waals surface area contributed by atoms with Gasteiger partial charge in [0.05, 0.1) is 12.2 Å². The van der Waals surface area contributed by atoms with Gasteiger partial charge in [0.2, 0.25) is 0 Å². The van der Waals surface area contributed by atoms with Crippen LogP contribution in [0.25, 0.3) is 0 Å². The monoisotopic (exact) mass is 255 g/mol. The first kappa shape index (κ1) is 15.2. The first-order valence-corrected chi connectivity index (χ1v) is 6.80. The van der Waals surface area contributed by atoms with Gasteiger partial charge in [-0.3, -0.25) is 0 Å². The van der Waals surface area contributed by atoms with Crippen molar-refractivity contribution < 1.29 is 14.6 Å². The first-order chi connectivity index (χ1) is 8.53. The summed E-state index contributed by atoms with van der Waals surface area (Å²) < 4.78 is 6.03. The van der Waals surface area contributed by atoms with Gasteiger partial charge in [0.15, 0.2) is 0 Å². The number of nitrogens with one attached hydrogen (secondary N) is 1. The van der Waals surface area contributed by atoms with E-state index in [9.17, 15) is 4.79 Å². The molecule has 0 fully saturated rings. The molecule has 3 atom stereocenters. The van der Waals surface area contributed by atoms with Crippen LogP contribution in [-0.2, 0) is 9.53 Å². The SMILES string of the molecule is CCC(CC)O[C@@H]1C=C(C(=O)O)C[C@H](NC)[C@H]1C. The topological polar surface area (TPSA) is 58.6 Å². The van der Waals surface area contributed by atoms with Crippen LogP contribution < -0.4 is 5.32 Å². The molecule has 0 radical (unpaired) electrons. The molecule has 0 spiro atoms. The largest absolute Gasteiger partial charge is 0.478 e. The Morgan fingerprint density at radius 2 is 2.17 bits per heavy atom. The molecule has 4 heteroatoms. The van der Waals surface area contributed by atoms with Crippen molar-refractivity contribution in [2.24, 2.45) is 5.92 Å². The maximum Gasteiger partial charge on any atom is 0.331 e. The van der Waals surface area contributed by atoms with Crippen LogP contribution in [0.15, 0.2) is 11.6 Å². The zero-order chi connectivity index (χ0) is 13.7. The predicted octanol–water partition coefficient (Wildman–Crippen LogP) is 2.20. The Kier molecular flexibility index (Phi) is 5.82. The third-order valence-corrected chi connectivity index (χ3v) is 3.86. The van der Waals surface area contributed by atoms with Crippen LogP contribution in [0.2, 0.25) is 0 Å². The second kappa shape index (κ2) is 6.90. The van der Waals surface area contributed by atoms with E-state index < -0.39 is 5.97 Å². The van der Waals surface area contributed by atoms with E-state index in [4.69, 9.17) is 9.84 Å². The van der Waals surface area contributed by atoms with Crippen molar-refractivity contribution in [1.29, 1.82) is 0 Å². The molecule has 1 aliphatic carbocycles. The van der Waals surface area contributed by atoms with Crippen LogP contribution in [0, 0.1) is 5.92 Å². The maximum absolute atomic E-state index is 11.1. The lowest BCUT2D eigenvalue weighted by molar-refractivity contribution is -0.133. The summed E-state index contributed by atoms with van der Waals surface area (Å²) in [7, 11) is 1.88. The van der Waals surface area contributed by atoms with Gasteiger partial charge in [0.1, 0.15) is 0 Å². The van der Waals surface area contributed by atoms with E-state index in [1.807, 2.05) is 7.05 Å². The minimum absolute atomic E-state index is 0.104. The molecule has 0 amide bonds. The van der Waals surface area contributed by atoms with Crippen LogP contribution in [-0.4, -0.2) is 36.4 Å². The Labute approximate surface area is 109 Å². The molecule has 4 nitrogen and oxygen atoms in total. The van der Waals surface area contributed by atoms with Crippen molar-refractivity contribution in [3.63, 3.8) is 0 Å². The van der Waals surface area contributed by atoms with Gasteiger partial charge < -0.3 is 15.2 Å². The number of hydrogen-bond acceptors (Lipinski definition) is 3. The highest BCUT2D eigenvalue weighted by Gasteiger charge is 2.32. The molecule has 18 heavy (non-hydrogen) atoms. The molecule has 0 bridgehead atoms. The number of hydrogen-bond donors (Lipinski definition) is 2. The Morgan fingerprint density at radius 1 is 1.56 bits per heavy atom. The van der Waals surface area contributed by atoms with Crippen molar-refractivity contribution in [1.82, 2.24) is 5.32 Å². The molecule has 0 aliphatic heterocycles. The van der Waals surface area contributed by atoms with E-state index in [-0.39, 0.29) is 18.2 Å². The fourth-order valence-corrected chi connectivity index (χ4v) is 2.46. The number of rotatable bonds is 6. The molecule has 0 saturated heterocycles. The lowest BCUT2D eigenvalue weighted by Crippen LogP contribution is -2.44. The van der Waals surface area contributed by atoms with Gasteiger partial charge in [-0.1, -0.05) is 20.8 Å². The van der Waals surface area contributed by atoms with Gasteiger partial charge >= 0.3 is 5.97 Å². The molecule has 104 valence electrons. The molecule has 2 N–H and O–H groups in total. The lowest BCUT2D eigenvalue weighted by atomic mass is 9.84. The summed E-state index contributed by atoms with van der Waals surface area (Å²) in [6.07, 6.45) is 4.38. The third kappa shape index (κ3) is 3.56. The normalized spacial score (nSPS) is 28.3. The quantitative estimate of drug-likeness (QED) is 0.764. The highest BCUT2D eigenvalue weighted by Crippen LogP contribution is 2.28. The summed E-state index contributed by atoms with van der Waals surface area (Å²) in [5.41, 5.74) is 0.461. The maximum atomic E-state index is 11.1. The van der Waals surface area contributed by atoms with Gasteiger partial charge in [-0.25, -0.2) is 4.79 Å². The van der Waals surface area contributed by atoms with Gasteiger partial charge in [-0.15, -0.1) is 0 Å². The summed E-state index contributed by atoms with van der Waals surface area (Å²) in [4.78, 5) is 11.1. The summed E-state index contributed by atoms with van der Waals surface area (Å²) in [6, 6.07) is 0.167. The van der Waals surface area contributed by atoms with E-state index in [1.54, 1.807) is 6.08 Å². The van der Waals surface area contributed by atoms with E-state index in [2.05, 4.69) is 26.1 Å². The van der Waals surface area contributed by atoms with E-state index in [0.29, 0.717) is 17.9 Å². The highest BCUT2D eigenvalue weighted by molar-refractivity contribution is 5.87. The van der Waals surface area contributed by atoms with Crippen LogP contribution in [0.4, 0.5) is 0 Å². The molecular weight excluding hydrogens is 230 g/mol. The van der Waals surface area contributed by atoms with Crippen LogP contribution in [0.5, 0.6) is 0 Å². The van der Waals surface area contributed by atoms with Crippen LogP contribution in [0.3, 0.4) is 0 Å². The second-order valence-electron chi connectivity index (χ2n) is 4.99. The average molecular weight is 255 g/mol. The number of carbonyl (C=O) groups is 1. The second-order valence-corrected chi connectivity index (χ2v) is 4.99. The Morgan fingerprint density at radius 3 is 2.61 bits per heavy atom. The van der Waals surface area contributed by atoms with Gasteiger partial charge in [-0.2, -0.15) is 0 Å². The van der Waals surface area contributed by atoms with Crippen molar-refractivity contribution in [2.75, 3.05) is 7.05 Å². The fraction of sp³-hybridized carbons (Fsp3) is 0.786. The van der Waals surface area contributed by atoms with E-state index in [1.165, 1.54) is 0 Å². The standard InChI is InChI=1S/C14H25NO3/c1-5-11(6-2)18-13-8-10(14(16)17)7-12(15-4)9(13)3/h8-9,11-13,15H,5-7H2,1-4H3,(H,16,17)/t9-,12+,13-/m1/s1. The summed E-state index contributed by atoms with van der Waals surface area (Å²) in [6.45, 7) is 6.31. The summed E-state index contributed by atoms with van der Waals surface area (Å²) >= 11 is 0. The van der Waals surface area contributed by atoms with E-state index >= 15 is 0 Å². The third-order valence-electron chi connectivity index (χ3n) is 3.86. The van der Waals surface area contributed by atoms with Gasteiger partial charge in [0, 0.05) is 17.5 Å². The number of aliphatic carboxylic acids is 1. The van der Waals surface area contributed by atoms with Gasteiger partial charge in [-0.05, 0) is 32.4 Å². The van der Waals surface area contributed by atoms with Crippen molar-refractivity contribution in [3.8, 4) is 0 Å². The van der Waals surface area contributed by atoms with Crippen molar-refractivity contribution in [2.45, 2.75) is 58.3 Å².